The average molecular weight is 302 g/mol. The highest BCUT2D eigenvalue weighted by Crippen LogP contribution is 2.31. The fourth-order valence-electron chi connectivity index (χ4n) is 1.56. The number of halogens is 2. The van der Waals surface area contributed by atoms with Gasteiger partial charge in [-0.25, -0.2) is 4.39 Å². The van der Waals surface area contributed by atoms with Crippen LogP contribution >= 0.6 is 34.7 Å². The van der Waals surface area contributed by atoms with Gasteiger partial charge in [-0.3, -0.25) is 0 Å². The van der Waals surface area contributed by atoms with E-state index in [0.717, 1.165) is 10.1 Å². The van der Waals surface area contributed by atoms with Crippen molar-refractivity contribution in [3.63, 3.8) is 0 Å². The van der Waals surface area contributed by atoms with Crippen molar-refractivity contribution in [1.82, 2.24) is 5.32 Å². The van der Waals surface area contributed by atoms with Crippen molar-refractivity contribution in [1.29, 1.82) is 0 Å². The van der Waals surface area contributed by atoms with Crippen LogP contribution in [0.4, 0.5) is 4.39 Å². The lowest BCUT2D eigenvalue weighted by atomic mass is 10.3. The number of thiophene rings is 1. The third kappa shape index (κ3) is 3.48. The first-order valence-corrected chi connectivity index (χ1v) is 7.68. The summed E-state index contributed by atoms with van der Waals surface area (Å²) < 4.78 is 14.3. The second-order valence-corrected chi connectivity index (χ2v) is 6.53. The maximum Gasteiger partial charge on any atom is 0.136 e. The minimum absolute atomic E-state index is 0.165. The molecule has 1 atom stereocenters. The van der Waals surface area contributed by atoms with Crippen LogP contribution in [0.2, 0.25) is 4.34 Å². The van der Waals surface area contributed by atoms with Gasteiger partial charge in [0.25, 0.3) is 0 Å². The molecule has 2 aromatic rings. The number of nitrogens with one attached hydrogen (secondary N) is 1. The molecule has 1 nitrogen and oxygen atoms in total. The van der Waals surface area contributed by atoms with E-state index in [4.69, 9.17) is 11.6 Å². The molecule has 1 heterocycles. The van der Waals surface area contributed by atoms with E-state index in [0.29, 0.717) is 4.90 Å². The van der Waals surface area contributed by atoms with Crippen molar-refractivity contribution in [2.45, 2.75) is 10.9 Å². The van der Waals surface area contributed by atoms with Crippen LogP contribution in [-0.2, 0) is 0 Å². The zero-order chi connectivity index (χ0) is 13.0. The van der Waals surface area contributed by atoms with Gasteiger partial charge in [-0.05, 0) is 31.3 Å². The third-order valence-electron chi connectivity index (χ3n) is 2.53. The lowest BCUT2D eigenvalue weighted by Gasteiger charge is -2.14. The first-order valence-electron chi connectivity index (χ1n) is 5.50. The van der Waals surface area contributed by atoms with E-state index in [1.54, 1.807) is 23.5 Å². The molecule has 1 aromatic carbocycles. The number of hydrogen-bond donors (Lipinski definition) is 1. The number of benzene rings is 1. The van der Waals surface area contributed by atoms with Gasteiger partial charge < -0.3 is 5.32 Å². The Morgan fingerprint density at radius 2 is 2.11 bits per heavy atom. The molecule has 0 saturated carbocycles. The van der Waals surface area contributed by atoms with Crippen LogP contribution in [-0.4, -0.2) is 12.8 Å². The molecule has 2 rings (SSSR count). The molecular weight excluding hydrogens is 289 g/mol. The summed E-state index contributed by atoms with van der Waals surface area (Å²) in [5, 5.41) is 3.23. The molecule has 1 N–H and O–H groups in total. The van der Waals surface area contributed by atoms with E-state index in [1.807, 2.05) is 25.2 Å². The van der Waals surface area contributed by atoms with Gasteiger partial charge in [0.1, 0.15) is 5.82 Å². The van der Waals surface area contributed by atoms with E-state index < -0.39 is 0 Å². The minimum Gasteiger partial charge on any atom is -0.312 e. The number of thioether (sulfide) groups is 1. The maximum atomic E-state index is 13.5. The molecule has 0 radical (unpaired) electrons. The third-order valence-corrected chi connectivity index (χ3v) is 5.01. The summed E-state index contributed by atoms with van der Waals surface area (Å²) in [6.07, 6.45) is 0. The van der Waals surface area contributed by atoms with E-state index in [2.05, 4.69) is 5.32 Å². The normalized spacial score (nSPS) is 12.6. The molecule has 1 aromatic heterocycles. The molecular formula is C13H13ClFNS2. The Balaban J connectivity index is 2.02. The SMILES string of the molecule is CNC(CSc1ccccc1F)c1ccc(Cl)s1. The summed E-state index contributed by atoms with van der Waals surface area (Å²) in [5.41, 5.74) is 0. The minimum atomic E-state index is -0.165. The standard InChI is InChI=1S/C13H13ClFNS2/c1-16-10(12-6-7-13(14)18-12)8-17-11-5-3-2-4-9(11)15/h2-7,10,16H,8H2,1H3. The molecule has 0 fully saturated rings. The van der Waals surface area contributed by atoms with Gasteiger partial charge in [0, 0.05) is 15.5 Å². The van der Waals surface area contributed by atoms with Gasteiger partial charge in [-0.1, -0.05) is 23.7 Å². The average Bonchev–Trinajstić information content (AvgIpc) is 2.79. The maximum absolute atomic E-state index is 13.5. The molecule has 1 unspecified atom stereocenters. The molecule has 0 aliphatic carbocycles. The Kier molecular flexibility index (Phi) is 5.06. The monoisotopic (exact) mass is 301 g/mol. The molecule has 0 amide bonds. The summed E-state index contributed by atoms with van der Waals surface area (Å²) in [4.78, 5) is 1.85. The van der Waals surface area contributed by atoms with Crippen LogP contribution in [0.1, 0.15) is 10.9 Å². The molecule has 18 heavy (non-hydrogen) atoms. The summed E-state index contributed by atoms with van der Waals surface area (Å²) >= 11 is 8.99. The second kappa shape index (κ2) is 6.57. The number of rotatable bonds is 5. The van der Waals surface area contributed by atoms with Crippen LogP contribution in [0.15, 0.2) is 41.3 Å². The zero-order valence-corrected chi connectivity index (χ0v) is 12.2. The van der Waals surface area contributed by atoms with Crippen LogP contribution in [0.5, 0.6) is 0 Å². The molecule has 5 heteroatoms. The quantitative estimate of drug-likeness (QED) is 0.810. The van der Waals surface area contributed by atoms with Gasteiger partial charge in [-0.2, -0.15) is 0 Å². The molecule has 0 bridgehead atoms. The van der Waals surface area contributed by atoms with E-state index in [9.17, 15) is 4.39 Å². The molecule has 0 spiro atoms. The van der Waals surface area contributed by atoms with E-state index in [1.165, 1.54) is 22.7 Å². The molecule has 0 aliphatic heterocycles. The van der Waals surface area contributed by atoms with Crippen molar-refractivity contribution in [3.05, 3.63) is 51.4 Å². The summed E-state index contributed by atoms with van der Waals surface area (Å²) in [5.74, 6) is 0.607. The van der Waals surface area contributed by atoms with Crippen molar-refractivity contribution >= 4 is 34.7 Å². The Hall–Kier alpha value is -0.550. The van der Waals surface area contributed by atoms with Crippen LogP contribution in [0.3, 0.4) is 0 Å². The summed E-state index contributed by atoms with van der Waals surface area (Å²) in [7, 11) is 1.90. The zero-order valence-electron chi connectivity index (χ0n) is 9.82. The Morgan fingerprint density at radius 1 is 1.33 bits per heavy atom. The Bertz CT molecular complexity index is 515. The predicted octanol–water partition coefficient (Wildman–Crippen LogP) is 4.59. The highest BCUT2D eigenvalue weighted by Gasteiger charge is 2.13. The highest BCUT2D eigenvalue weighted by atomic mass is 35.5. The van der Waals surface area contributed by atoms with Gasteiger partial charge in [0.05, 0.1) is 10.4 Å². The molecule has 0 aliphatic rings. The smallest absolute Gasteiger partial charge is 0.136 e. The number of hydrogen-bond acceptors (Lipinski definition) is 3. The topological polar surface area (TPSA) is 12.0 Å². The first-order chi connectivity index (χ1) is 8.70. The predicted molar refractivity (Wildman–Crippen MR) is 78.3 cm³/mol. The second-order valence-electron chi connectivity index (χ2n) is 3.72. The van der Waals surface area contributed by atoms with E-state index >= 15 is 0 Å². The fourth-order valence-corrected chi connectivity index (χ4v) is 3.91. The van der Waals surface area contributed by atoms with Crippen molar-refractivity contribution in [2.75, 3.05) is 12.8 Å². The van der Waals surface area contributed by atoms with Crippen molar-refractivity contribution in [2.24, 2.45) is 0 Å². The van der Waals surface area contributed by atoms with Crippen LogP contribution < -0.4 is 5.32 Å². The van der Waals surface area contributed by atoms with Gasteiger partial charge in [0.15, 0.2) is 0 Å². The van der Waals surface area contributed by atoms with Crippen LogP contribution in [0, 0.1) is 5.82 Å². The molecule has 96 valence electrons. The van der Waals surface area contributed by atoms with E-state index in [-0.39, 0.29) is 11.9 Å². The Labute approximate surface area is 119 Å². The Morgan fingerprint density at radius 3 is 2.72 bits per heavy atom. The van der Waals surface area contributed by atoms with Gasteiger partial charge in [-0.15, -0.1) is 23.1 Å². The summed E-state index contributed by atoms with van der Waals surface area (Å²) in [6, 6.07) is 10.9. The lowest BCUT2D eigenvalue weighted by Crippen LogP contribution is -2.17. The lowest BCUT2D eigenvalue weighted by molar-refractivity contribution is 0.601. The van der Waals surface area contributed by atoms with Crippen molar-refractivity contribution < 1.29 is 4.39 Å². The first kappa shape index (κ1) is 13.9. The largest absolute Gasteiger partial charge is 0.312 e. The van der Waals surface area contributed by atoms with Crippen LogP contribution in [0.25, 0.3) is 0 Å². The van der Waals surface area contributed by atoms with Crippen molar-refractivity contribution in [3.8, 4) is 0 Å². The van der Waals surface area contributed by atoms with Gasteiger partial charge in [0.2, 0.25) is 0 Å². The summed E-state index contributed by atoms with van der Waals surface area (Å²) in [6.45, 7) is 0. The van der Waals surface area contributed by atoms with Gasteiger partial charge >= 0.3 is 0 Å². The highest BCUT2D eigenvalue weighted by molar-refractivity contribution is 7.99. The molecule has 0 saturated heterocycles. The fraction of sp³-hybridized carbons (Fsp3) is 0.231.